The lowest BCUT2D eigenvalue weighted by Gasteiger charge is -2.23. The van der Waals surface area contributed by atoms with Gasteiger partial charge in [0.05, 0.1) is 12.1 Å². The summed E-state index contributed by atoms with van der Waals surface area (Å²) >= 11 is 1.91. The maximum absolute atomic E-state index is 13.4. The fraction of sp³-hybridized carbons (Fsp3) is 0.375. The van der Waals surface area contributed by atoms with Crippen LogP contribution in [-0.4, -0.2) is 47.4 Å². The zero-order chi connectivity index (χ0) is 20.1. The van der Waals surface area contributed by atoms with Crippen LogP contribution in [0.15, 0.2) is 71.6 Å². The van der Waals surface area contributed by atoms with Gasteiger partial charge in [-0.1, -0.05) is 66.7 Å². The summed E-state index contributed by atoms with van der Waals surface area (Å²) in [6, 6.07) is 21.1. The SMILES string of the molecule is COCCC/C=C1/SC[C@@H]2[C@H]1N(Cc1ccccc1)C(=O)N2Cc1ccccc1. The fourth-order valence-electron chi connectivity index (χ4n) is 4.16. The number of benzene rings is 2. The first-order valence-electron chi connectivity index (χ1n) is 10.2. The lowest BCUT2D eigenvalue weighted by Crippen LogP contribution is -2.35. The zero-order valence-electron chi connectivity index (χ0n) is 16.9. The Hall–Kier alpha value is -2.24. The molecule has 2 saturated heterocycles. The molecule has 4 nitrogen and oxygen atoms in total. The van der Waals surface area contributed by atoms with Crippen molar-refractivity contribution < 1.29 is 9.53 Å². The first-order valence-corrected chi connectivity index (χ1v) is 11.2. The molecule has 152 valence electrons. The molecule has 0 aliphatic carbocycles. The van der Waals surface area contributed by atoms with Crippen LogP contribution in [0, 0.1) is 0 Å². The second kappa shape index (κ2) is 9.51. The summed E-state index contributed by atoms with van der Waals surface area (Å²) in [5.41, 5.74) is 2.36. The van der Waals surface area contributed by atoms with Crippen LogP contribution in [0.25, 0.3) is 0 Å². The second-order valence-electron chi connectivity index (χ2n) is 7.57. The summed E-state index contributed by atoms with van der Waals surface area (Å²) < 4.78 is 5.18. The van der Waals surface area contributed by atoms with Crippen LogP contribution in [0.2, 0.25) is 0 Å². The monoisotopic (exact) mass is 408 g/mol. The van der Waals surface area contributed by atoms with Gasteiger partial charge in [0, 0.05) is 37.5 Å². The molecule has 0 radical (unpaired) electrons. The van der Waals surface area contributed by atoms with Crippen molar-refractivity contribution in [1.29, 1.82) is 0 Å². The summed E-state index contributed by atoms with van der Waals surface area (Å²) in [6.07, 6.45) is 4.33. The summed E-state index contributed by atoms with van der Waals surface area (Å²) in [7, 11) is 1.74. The Labute approximate surface area is 177 Å². The highest BCUT2D eigenvalue weighted by atomic mass is 32.2. The summed E-state index contributed by atoms with van der Waals surface area (Å²) in [4.78, 5) is 18.9. The van der Waals surface area contributed by atoms with Gasteiger partial charge in [-0.05, 0) is 24.0 Å². The van der Waals surface area contributed by atoms with Crippen LogP contribution < -0.4 is 0 Å². The van der Waals surface area contributed by atoms with Crippen LogP contribution in [0.5, 0.6) is 0 Å². The Bertz CT molecular complexity index is 840. The van der Waals surface area contributed by atoms with E-state index >= 15 is 0 Å². The number of fused-ring (bicyclic) bond motifs is 1. The van der Waals surface area contributed by atoms with Crippen molar-refractivity contribution in [3.05, 3.63) is 82.8 Å². The van der Waals surface area contributed by atoms with Gasteiger partial charge in [-0.15, -0.1) is 11.8 Å². The van der Waals surface area contributed by atoms with Crippen molar-refractivity contribution in [2.24, 2.45) is 0 Å². The van der Waals surface area contributed by atoms with Crippen LogP contribution >= 0.6 is 11.8 Å². The molecule has 2 aromatic carbocycles. The average Bonchev–Trinajstić information content (AvgIpc) is 3.27. The number of carbonyl (C=O) groups excluding carboxylic acids is 1. The molecule has 0 bridgehead atoms. The van der Waals surface area contributed by atoms with E-state index in [9.17, 15) is 4.79 Å². The number of allylic oxidation sites excluding steroid dienone is 1. The van der Waals surface area contributed by atoms with Gasteiger partial charge < -0.3 is 14.5 Å². The Morgan fingerprint density at radius 2 is 1.62 bits per heavy atom. The van der Waals surface area contributed by atoms with Crippen LogP contribution in [0.1, 0.15) is 24.0 Å². The van der Waals surface area contributed by atoms with Gasteiger partial charge in [-0.3, -0.25) is 0 Å². The molecule has 2 fully saturated rings. The van der Waals surface area contributed by atoms with Crippen molar-refractivity contribution in [1.82, 2.24) is 9.80 Å². The number of amides is 2. The second-order valence-corrected chi connectivity index (χ2v) is 8.67. The molecule has 0 aromatic heterocycles. The molecule has 0 spiro atoms. The molecular weight excluding hydrogens is 380 g/mol. The lowest BCUT2D eigenvalue weighted by atomic mass is 10.1. The number of ether oxygens (including phenoxy) is 1. The molecule has 0 saturated carbocycles. The molecule has 0 unspecified atom stereocenters. The highest BCUT2D eigenvalue weighted by Gasteiger charge is 2.50. The number of rotatable bonds is 8. The molecule has 2 atom stereocenters. The Balaban J connectivity index is 1.57. The van der Waals surface area contributed by atoms with Crippen LogP contribution in [0.4, 0.5) is 4.79 Å². The number of methoxy groups -OCH3 is 1. The molecule has 0 N–H and O–H groups in total. The molecule has 4 rings (SSSR count). The van der Waals surface area contributed by atoms with E-state index in [0.717, 1.165) is 25.2 Å². The minimum Gasteiger partial charge on any atom is -0.385 e. The molecule has 2 aromatic rings. The summed E-state index contributed by atoms with van der Waals surface area (Å²) in [5.74, 6) is 0.963. The number of carbonyl (C=O) groups is 1. The molecule has 29 heavy (non-hydrogen) atoms. The predicted molar refractivity (Wildman–Crippen MR) is 119 cm³/mol. The fourth-order valence-corrected chi connectivity index (χ4v) is 5.57. The number of urea groups is 1. The van der Waals surface area contributed by atoms with Crippen molar-refractivity contribution in [3.63, 3.8) is 0 Å². The van der Waals surface area contributed by atoms with Gasteiger partial charge in [0.15, 0.2) is 0 Å². The third-order valence-electron chi connectivity index (χ3n) is 5.59. The molecule has 2 amide bonds. The van der Waals surface area contributed by atoms with Crippen LogP contribution in [0.3, 0.4) is 0 Å². The lowest BCUT2D eigenvalue weighted by molar-refractivity contribution is 0.182. The van der Waals surface area contributed by atoms with Gasteiger partial charge >= 0.3 is 6.03 Å². The first-order chi connectivity index (χ1) is 14.3. The highest BCUT2D eigenvalue weighted by molar-refractivity contribution is 8.03. The minimum atomic E-state index is 0.149. The standard InChI is InChI=1S/C24H28N2O2S/c1-28-15-9-8-14-22-23-21(18-29-22)25(16-19-10-4-2-5-11-19)24(27)26(23)17-20-12-6-3-7-13-20/h2-7,10-14,21,23H,8-9,15-18H2,1H3/b22-14+/t21-,23-/m1/s1. The number of hydrogen-bond acceptors (Lipinski definition) is 3. The van der Waals surface area contributed by atoms with Crippen molar-refractivity contribution in [2.75, 3.05) is 19.5 Å². The first kappa shape index (κ1) is 20.0. The maximum Gasteiger partial charge on any atom is 0.321 e. The molecular formula is C24H28N2O2S. The van der Waals surface area contributed by atoms with Gasteiger partial charge in [0.25, 0.3) is 0 Å². The normalized spacial score (nSPS) is 22.5. The van der Waals surface area contributed by atoms with Crippen molar-refractivity contribution in [2.45, 2.75) is 38.0 Å². The molecule has 2 aliphatic heterocycles. The minimum absolute atomic E-state index is 0.149. The third kappa shape index (κ3) is 4.51. The Morgan fingerprint density at radius 3 is 2.24 bits per heavy atom. The maximum atomic E-state index is 13.4. The topological polar surface area (TPSA) is 32.8 Å². The number of thioether (sulfide) groups is 1. The average molecular weight is 409 g/mol. The smallest absolute Gasteiger partial charge is 0.321 e. The van der Waals surface area contributed by atoms with E-state index in [1.54, 1.807) is 7.11 Å². The van der Waals surface area contributed by atoms with E-state index in [0.29, 0.717) is 13.1 Å². The Kier molecular flexibility index (Phi) is 6.57. The zero-order valence-corrected chi connectivity index (χ0v) is 17.7. The number of hydrogen-bond donors (Lipinski definition) is 0. The van der Waals surface area contributed by atoms with Crippen molar-refractivity contribution in [3.8, 4) is 0 Å². The van der Waals surface area contributed by atoms with E-state index in [1.807, 2.05) is 48.2 Å². The highest BCUT2D eigenvalue weighted by Crippen LogP contribution is 2.43. The quantitative estimate of drug-likeness (QED) is 0.459. The third-order valence-corrected chi connectivity index (χ3v) is 6.84. The molecule has 2 heterocycles. The van der Waals surface area contributed by atoms with E-state index in [-0.39, 0.29) is 18.1 Å². The van der Waals surface area contributed by atoms with E-state index in [4.69, 9.17) is 4.74 Å². The predicted octanol–water partition coefficient (Wildman–Crippen LogP) is 4.92. The summed E-state index contributed by atoms with van der Waals surface area (Å²) in [5, 5.41) is 0. The largest absolute Gasteiger partial charge is 0.385 e. The van der Waals surface area contributed by atoms with E-state index in [1.165, 1.54) is 16.0 Å². The van der Waals surface area contributed by atoms with Gasteiger partial charge in [0.2, 0.25) is 0 Å². The Morgan fingerprint density at radius 1 is 1.00 bits per heavy atom. The van der Waals surface area contributed by atoms with E-state index < -0.39 is 0 Å². The van der Waals surface area contributed by atoms with Gasteiger partial charge in [-0.2, -0.15) is 0 Å². The molecule has 2 aliphatic rings. The van der Waals surface area contributed by atoms with E-state index in [2.05, 4.69) is 40.1 Å². The molecule has 5 heteroatoms. The van der Waals surface area contributed by atoms with Crippen molar-refractivity contribution >= 4 is 17.8 Å². The van der Waals surface area contributed by atoms with Crippen LogP contribution in [-0.2, 0) is 17.8 Å². The van der Waals surface area contributed by atoms with Gasteiger partial charge in [0.1, 0.15) is 0 Å². The number of unbranched alkanes of at least 4 members (excludes halogenated alkanes) is 1. The summed E-state index contributed by atoms with van der Waals surface area (Å²) in [6.45, 7) is 2.10. The van der Waals surface area contributed by atoms with Gasteiger partial charge in [-0.25, -0.2) is 4.79 Å². The number of nitrogens with zero attached hydrogens (tertiary/aromatic N) is 2.